The fourth-order valence-electron chi connectivity index (χ4n) is 2.44. The van der Waals surface area contributed by atoms with Crippen LogP contribution in [0.25, 0.3) is 0 Å². The summed E-state index contributed by atoms with van der Waals surface area (Å²) in [5.41, 5.74) is 0. The largest absolute Gasteiger partial charge is 0.352 e. The smallest absolute Gasteiger partial charge is 0.234 e. The van der Waals surface area contributed by atoms with Crippen LogP contribution < -0.4 is 10.6 Å². The molecule has 0 spiro atoms. The molecule has 0 radical (unpaired) electrons. The quantitative estimate of drug-likeness (QED) is 0.783. The Balaban J connectivity index is 0.00000225. The maximum absolute atomic E-state index is 11.3. The molecule has 0 bridgehead atoms. The average Bonchev–Trinajstić information content (AvgIpc) is 2.22. The Kier molecular flexibility index (Phi) is 8.67. The van der Waals surface area contributed by atoms with Crippen LogP contribution in [0.3, 0.4) is 0 Å². The van der Waals surface area contributed by atoms with Crippen LogP contribution in [-0.2, 0) is 4.79 Å². The predicted molar refractivity (Wildman–Crippen MR) is 70.0 cm³/mol. The number of hydrogen-bond donors (Lipinski definition) is 2. The summed E-state index contributed by atoms with van der Waals surface area (Å²) in [4.78, 5) is 11.3. The molecule has 0 atom stereocenters. The third-order valence-corrected chi connectivity index (χ3v) is 3.25. The third-order valence-electron chi connectivity index (χ3n) is 3.25. The second kappa shape index (κ2) is 8.82. The van der Waals surface area contributed by atoms with Gasteiger partial charge in [0.05, 0.1) is 6.54 Å². The zero-order valence-corrected chi connectivity index (χ0v) is 11.2. The monoisotopic (exact) mass is 248 g/mol. The van der Waals surface area contributed by atoms with Gasteiger partial charge in [0.1, 0.15) is 0 Å². The van der Waals surface area contributed by atoms with Crippen molar-refractivity contribution >= 4 is 18.3 Å². The van der Waals surface area contributed by atoms with Crippen molar-refractivity contribution < 1.29 is 4.79 Å². The standard InChI is InChI=1S/C12H24N2O.ClH/c1-3-4-10-5-7-11(8-6-10)14-12(15)9-13-2;/h10-11,13H,3-9H2,1-2H3,(H,14,15);1H. The van der Waals surface area contributed by atoms with Crippen LogP contribution in [0.5, 0.6) is 0 Å². The Morgan fingerprint density at radius 1 is 1.25 bits per heavy atom. The predicted octanol–water partition coefficient (Wildman–Crippen LogP) is 2.10. The van der Waals surface area contributed by atoms with Gasteiger partial charge in [-0.15, -0.1) is 12.4 Å². The summed E-state index contributed by atoms with van der Waals surface area (Å²) in [6.07, 6.45) is 7.57. The minimum Gasteiger partial charge on any atom is -0.352 e. The van der Waals surface area contributed by atoms with Crippen molar-refractivity contribution in [1.29, 1.82) is 0 Å². The molecule has 1 fully saturated rings. The summed E-state index contributed by atoms with van der Waals surface area (Å²) in [5.74, 6) is 1.05. The summed E-state index contributed by atoms with van der Waals surface area (Å²) >= 11 is 0. The van der Waals surface area contributed by atoms with Crippen molar-refractivity contribution in [1.82, 2.24) is 10.6 Å². The highest BCUT2D eigenvalue weighted by atomic mass is 35.5. The number of carbonyl (C=O) groups excluding carboxylic acids is 1. The molecule has 2 N–H and O–H groups in total. The number of carbonyl (C=O) groups is 1. The number of amides is 1. The zero-order chi connectivity index (χ0) is 11.1. The van der Waals surface area contributed by atoms with E-state index in [1.54, 1.807) is 7.05 Å². The molecule has 0 unspecified atom stereocenters. The maximum Gasteiger partial charge on any atom is 0.234 e. The minimum atomic E-state index is 0. The topological polar surface area (TPSA) is 41.1 Å². The Hall–Kier alpha value is -0.280. The lowest BCUT2D eigenvalue weighted by Crippen LogP contribution is -2.41. The molecule has 1 aliphatic carbocycles. The molecule has 1 rings (SSSR count). The Morgan fingerprint density at radius 2 is 1.88 bits per heavy atom. The van der Waals surface area contributed by atoms with Gasteiger partial charge >= 0.3 is 0 Å². The van der Waals surface area contributed by atoms with Crippen LogP contribution in [0.2, 0.25) is 0 Å². The van der Waals surface area contributed by atoms with Gasteiger partial charge in [-0.05, 0) is 38.6 Å². The van der Waals surface area contributed by atoms with Crippen LogP contribution in [0, 0.1) is 5.92 Å². The van der Waals surface area contributed by atoms with Crippen molar-refractivity contribution in [2.75, 3.05) is 13.6 Å². The van der Waals surface area contributed by atoms with Gasteiger partial charge in [0, 0.05) is 6.04 Å². The molecule has 3 nitrogen and oxygen atoms in total. The molecular formula is C12H25ClN2O. The van der Waals surface area contributed by atoms with Crippen LogP contribution in [0.15, 0.2) is 0 Å². The van der Waals surface area contributed by atoms with E-state index in [4.69, 9.17) is 0 Å². The highest BCUT2D eigenvalue weighted by molar-refractivity contribution is 5.85. The van der Waals surface area contributed by atoms with Crippen molar-refractivity contribution in [3.8, 4) is 0 Å². The van der Waals surface area contributed by atoms with Crippen molar-refractivity contribution in [2.45, 2.75) is 51.5 Å². The lowest BCUT2D eigenvalue weighted by molar-refractivity contribution is -0.121. The lowest BCUT2D eigenvalue weighted by atomic mass is 9.83. The van der Waals surface area contributed by atoms with Gasteiger partial charge in [-0.25, -0.2) is 0 Å². The summed E-state index contributed by atoms with van der Waals surface area (Å²) in [6, 6.07) is 0.430. The first kappa shape index (κ1) is 15.7. The van der Waals surface area contributed by atoms with E-state index in [0.717, 1.165) is 5.92 Å². The van der Waals surface area contributed by atoms with E-state index in [1.807, 2.05) is 0 Å². The number of likely N-dealkylation sites (N-methyl/N-ethyl adjacent to an activating group) is 1. The number of hydrogen-bond acceptors (Lipinski definition) is 2. The first-order valence-corrected chi connectivity index (χ1v) is 6.20. The zero-order valence-electron chi connectivity index (χ0n) is 10.4. The first-order valence-electron chi connectivity index (χ1n) is 6.20. The minimum absolute atomic E-state index is 0. The van der Waals surface area contributed by atoms with Crippen LogP contribution >= 0.6 is 12.4 Å². The normalized spacial score (nSPS) is 24.6. The molecule has 0 aromatic carbocycles. The van der Waals surface area contributed by atoms with Gasteiger partial charge < -0.3 is 10.6 Å². The number of rotatable bonds is 5. The van der Waals surface area contributed by atoms with Gasteiger partial charge in [-0.3, -0.25) is 4.79 Å². The molecule has 1 amide bonds. The first-order chi connectivity index (χ1) is 7.26. The summed E-state index contributed by atoms with van der Waals surface area (Å²) in [6.45, 7) is 2.69. The SMILES string of the molecule is CCCC1CCC(NC(=O)CNC)CC1.Cl. The molecular weight excluding hydrogens is 224 g/mol. The van der Waals surface area contributed by atoms with Gasteiger partial charge in [0.2, 0.25) is 5.91 Å². The lowest BCUT2D eigenvalue weighted by Gasteiger charge is -2.28. The van der Waals surface area contributed by atoms with Crippen molar-refractivity contribution in [3.63, 3.8) is 0 Å². The van der Waals surface area contributed by atoms with Crippen molar-refractivity contribution in [2.24, 2.45) is 5.92 Å². The van der Waals surface area contributed by atoms with E-state index >= 15 is 0 Å². The molecule has 16 heavy (non-hydrogen) atoms. The van der Waals surface area contributed by atoms with Gasteiger partial charge in [-0.1, -0.05) is 19.8 Å². The number of halogens is 1. The van der Waals surface area contributed by atoms with E-state index in [0.29, 0.717) is 12.6 Å². The molecule has 0 saturated heterocycles. The van der Waals surface area contributed by atoms with E-state index in [9.17, 15) is 4.79 Å². The molecule has 4 heteroatoms. The van der Waals surface area contributed by atoms with Gasteiger partial charge in [-0.2, -0.15) is 0 Å². The molecule has 96 valence electrons. The number of nitrogens with one attached hydrogen (secondary N) is 2. The molecule has 0 aromatic rings. The van der Waals surface area contributed by atoms with E-state index in [-0.39, 0.29) is 18.3 Å². The summed E-state index contributed by atoms with van der Waals surface area (Å²) in [5, 5.41) is 5.96. The molecule has 1 saturated carbocycles. The fourth-order valence-corrected chi connectivity index (χ4v) is 2.44. The molecule has 0 heterocycles. The van der Waals surface area contributed by atoms with Crippen LogP contribution in [0.1, 0.15) is 45.4 Å². The van der Waals surface area contributed by atoms with Gasteiger partial charge in [0.15, 0.2) is 0 Å². The molecule has 0 aliphatic heterocycles. The third kappa shape index (κ3) is 5.71. The summed E-state index contributed by atoms with van der Waals surface area (Å²) < 4.78 is 0. The average molecular weight is 249 g/mol. The Labute approximate surface area is 105 Å². The van der Waals surface area contributed by atoms with E-state index in [1.165, 1.54) is 38.5 Å². The highest BCUT2D eigenvalue weighted by Crippen LogP contribution is 2.27. The molecule has 0 aromatic heterocycles. The van der Waals surface area contributed by atoms with Gasteiger partial charge in [0.25, 0.3) is 0 Å². The van der Waals surface area contributed by atoms with Crippen LogP contribution in [0.4, 0.5) is 0 Å². The van der Waals surface area contributed by atoms with Crippen molar-refractivity contribution in [3.05, 3.63) is 0 Å². The Morgan fingerprint density at radius 3 is 2.38 bits per heavy atom. The molecule has 1 aliphatic rings. The van der Waals surface area contributed by atoms with E-state index in [2.05, 4.69) is 17.6 Å². The van der Waals surface area contributed by atoms with Crippen LogP contribution in [-0.4, -0.2) is 25.5 Å². The second-order valence-corrected chi connectivity index (χ2v) is 4.60. The van der Waals surface area contributed by atoms with E-state index < -0.39 is 0 Å². The second-order valence-electron chi connectivity index (χ2n) is 4.60. The fraction of sp³-hybridized carbons (Fsp3) is 0.917. The maximum atomic E-state index is 11.3. The Bertz CT molecular complexity index is 191. The highest BCUT2D eigenvalue weighted by Gasteiger charge is 2.21. The summed E-state index contributed by atoms with van der Waals surface area (Å²) in [7, 11) is 1.80.